The average Bonchev–Trinajstić information content (AvgIpc) is 3.09. The molecule has 0 spiro atoms. The number of carbonyl (C=O) groups excluding carboxylic acids is 1. The zero-order chi connectivity index (χ0) is 19.5. The number of rotatable bonds is 6. The fourth-order valence-electron chi connectivity index (χ4n) is 4.17. The first kappa shape index (κ1) is 19.8. The number of nitrogens with zero attached hydrogens (tertiary/aromatic N) is 1. The van der Waals surface area contributed by atoms with E-state index in [9.17, 15) is 23.1 Å². The topological polar surface area (TPSA) is 104 Å². The van der Waals surface area contributed by atoms with Crippen molar-refractivity contribution >= 4 is 21.9 Å². The number of carbonyl (C=O) groups is 2. The Kier molecular flexibility index (Phi) is 5.86. The molecule has 1 atom stereocenters. The van der Waals surface area contributed by atoms with Gasteiger partial charge in [0.05, 0.1) is 22.8 Å². The molecule has 7 nitrogen and oxygen atoms in total. The zero-order valence-electron chi connectivity index (χ0n) is 15.3. The maximum absolute atomic E-state index is 12.8. The minimum Gasteiger partial charge on any atom is -0.481 e. The molecule has 1 saturated heterocycles. The third-order valence-electron chi connectivity index (χ3n) is 5.57. The smallest absolute Gasteiger partial charge is 0.305 e. The Labute approximate surface area is 159 Å². The van der Waals surface area contributed by atoms with Crippen LogP contribution in [0.15, 0.2) is 35.2 Å². The Morgan fingerprint density at radius 3 is 2.44 bits per heavy atom. The van der Waals surface area contributed by atoms with Crippen molar-refractivity contribution < 1.29 is 23.1 Å². The minimum absolute atomic E-state index is 0.0858. The van der Waals surface area contributed by atoms with Crippen molar-refractivity contribution in [2.75, 3.05) is 13.1 Å². The first-order valence-corrected chi connectivity index (χ1v) is 10.9. The summed E-state index contributed by atoms with van der Waals surface area (Å²) in [6, 6.07) is 8.22. The summed E-state index contributed by atoms with van der Waals surface area (Å²) in [5.74, 6) is -1.61. The lowest BCUT2D eigenvalue weighted by atomic mass is 9.90. The molecule has 1 unspecified atom stereocenters. The minimum atomic E-state index is -3.63. The van der Waals surface area contributed by atoms with Crippen molar-refractivity contribution in [1.82, 2.24) is 9.62 Å². The van der Waals surface area contributed by atoms with Crippen molar-refractivity contribution in [1.29, 1.82) is 0 Å². The quantitative estimate of drug-likeness (QED) is 0.768. The van der Waals surface area contributed by atoms with E-state index in [1.54, 1.807) is 30.3 Å². The van der Waals surface area contributed by atoms with E-state index < -0.39 is 27.4 Å². The van der Waals surface area contributed by atoms with Gasteiger partial charge in [0, 0.05) is 13.1 Å². The van der Waals surface area contributed by atoms with Gasteiger partial charge in [-0.1, -0.05) is 31.0 Å². The van der Waals surface area contributed by atoms with Crippen LogP contribution in [0.3, 0.4) is 0 Å². The number of piperidine rings is 1. The first-order valence-electron chi connectivity index (χ1n) is 9.41. The molecule has 148 valence electrons. The number of hydrogen-bond acceptors (Lipinski definition) is 4. The molecule has 1 aliphatic carbocycles. The van der Waals surface area contributed by atoms with E-state index in [2.05, 4.69) is 5.32 Å². The number of hydrogen-bond donors (Lipinski definition) is 2. The molecule has 0 radical (unpaired) electrons. The summed E-state index contributed by atoms with van der Waals surface area (Å²) in [5, 5.41) is 12.2. The van der Waals surface area contributed by atoms with E-state index in [4.69, 9.17) is 0 Å². The van der Waals surface area contributed by atoms with E-state index in [-0.39, 0.29) is 23.8 Å². The van der Waals surface area contributed by atoms with E-state index >= 15 is 0 Å². The van der Waals surface area contributed by atoms with Crippen LogP contribution in [0.5, 0.6) is 0 Å². The predicted molar refractivity (Wildman–Crippen MR) is 99.5 cm³/mol. The maximum Gasteiger partial charge on any atom is 0.305 e. The number of benzene rings is 1. The van der Waals surface area contributed by atoms with Crippen LogP contribution in [0.1, 0.15) is 44.9 Å². The largest absolute Gasteiger partial charge is 0.481 e. The highest BCUT2D eigenvalue weighted by atomic mass is 32.2. The Morgan fingerprint density at radius 1 is 1.15 bits per heavy atom. The predicted octanol–water partition coefficient (Wildman–Crippen LogP) is 1.99. The molecule has 27 heavy (non-hydrogen) atoms. The Hall–Kier alpha value is -1.93. The summed E-state index contributed by atoms with van der Waals surface area (Å²) in [6.07, 6.45) is 4.23. The van der Waals surface area contributed by atoms with Gasteiger partial charge in [-0.2, -0.15) is 4.31 Å². The molecule has 1 amide bonds. The van der Waals surface area contributed by atoms with Gasteiger partial charge in [-0.15, -0.1) is 0 Å². The molecule has 2 N–H and O–H groups in total. The van der Waals surface area contributed by atoms with E-state index in [0.717, 1.165) is 12.8 Å². The molecule has 2 fully saturated rings. The molecule has 1 aliphatic heterocycles. The van der Waals surface area contributed by atoms with Gasteiger partial charge in [0.15, 0.2) is 0 Å². The average molecular weight is 394 g/mol. The van der Waals surface area contributed by atoms with Crippen LogP contribution in [-0.4, -0.2) is 48.3 Å². The van der Waals surface area contributed by atoms with Crippen molar-refractivity contribution in [3.63, 3.8) is 0 Å². The SMILES string of the molecule is O=C(O)CC1(NC(=O)C2CCCN(S(=O)(=O)c3ccccc3)C2)CCCC1. The molecule has 1 aromatic rings. The fourth-order valence-corrected chi connectivity index (χ4v) is 5.71. The van der Waals surface area contributed by atoms with Crippen LogP contribution < -0.4 is 5.32 Å². The lowest BCUT2D eigenvalue weighted by Crippen LogP contribution is -2.53. The van der Waals surface area contributed by atoms with Gasteiger partial charge in [0.2, 0.25) is 15.9 Å². The molecule has 1 aromatic carbocycles. The molecule has 1 saturated carbocycles. The number of aliphatic carboxylic acids is 1. The van der Waals surface area contributed by atoms with Crippen LogP contribution in [-0.2, 0) is 19.6 Å². The monoisotopic (exact) mass is 394 g/mol. The second kappa shape index (κ2) is 7.98. The van der Waals surface area contributed by atoms with Crippen molar-refractivity contribution in [3.05, 3.63) is 30.3 Å². The normalized spacial score (nSPS) is 23.0. The number of sulfonamides is 1. The number of carboxylic acid groups (broad SMARTS) is 1. The van der Waals surface area contributed by atoms with Gasteiger partial charge >= 0.3 is 5.97 Å². The zero-order valence-corrected chi connectivity index (χ0v) is 16.1. The standard InChI is InChI=1S/C19H26N2O5S/c22-17(23)13-19(10-4-5-11-19)20-18(24)15-7-6-12-21(14-15)27(25,26)16-8-2-1-3-9-16/h1-3,8-9,15H,4-7,10-14H2,(H,20,24)(H,22,23). The lowest BCUT2D eigenvalue weighted by Gasteiger charge is -2.35. The van der Waals surface area contributed by atoms with Crippen LogP contribution >= 0.6 is 0 Å². The molecule has 0 bridgehead atoms. The summed E-state index contributed by atoms with van der Waals surface area (Å²) in [6.45, 7) is 0.521. The third kappa shape index (κ3) is 4.50. The summed E-state index contributed by atoms with van der Waals surface area (Å²) in [4.78, 5) is 24.3. The van der Waals surface area contributed by atoms with Gasteiger partial charge in [-0.25, -0.2) is 8.42 Å². The lowest BCUT2D eigenvalue weighted by molar-refractivity contribution is -0.139. The van der Waals surface area contributed by atoms with E-state index in [1.165, 1.54) is 4.31 Å². The van der Waals surface area contributed by atoms with E-state index in [0.29, 0.717) is 32.2 Å². The molecular formula is C19H26N2O5S. The van der Waals surface area contributed by atoms with Crippen molar-refractivity contribution in [2.24, 2.45) is 5.92 Å². The van der Waals surface area contributed by atoms with Crippen molar-refractivity contribution in [2.45, 2.75) is 55.4 Å². The summed E-state index contributed by atoms with van der Waals surface area (Å²) < 4.78 is 27.0. The van der Waals surface area contributed by atoms with Gasteiger partial charge in [0.25, 0.3) is 0 Å². The van der Waals surface area contributed by atoms with Crippen LogP contribution in [0.25, 0.3) is 0 Å². The maximum atomic E-state index is 12.8. The number of nitrogens with one attached hydrogen (secondary N) is 1. The Morgan fingerprint density at radius 2 is 1.81 bits per heavy atom. The summed E-state index contributed by atoms with van der Waals surface area (Å²) in [7, 11) is -3.63. The highest BCUT2D eigenvalue weighted by Gasteiger charge is 2.40. The highest BCUT2D eigenvalue weighted by Crippen LogP contribution is 2.33. The van der Waals surface area contributed by atoms with Crippen molar-refractivity contribution in [3.8, 4) is 0 Å². The molecule has 3 rings (SSSR count). The molecule has 0 aromatic heterocycles. The number of amides is 1. The number of carboxylic acids is 1. The van der Waals surface area contributed by atoms with Gasteiger partial charge in [0.1, 0.15) is 0 Å². The van der Waals surface area contributed by atoms with Gasteiger partial charge < -0.3 is 10.4 Å². The third-order valence-corrected chi connectivity index (χ3v) is 7.45. The first-order chi connectivity index (χ1) is 12.8. The van der Waals surface area contributed by atoms with Crippen LogP contribution in [0.4, 0.5) is 0 Å². The van der Waals surface area contributed by atoms with Gasteiger partial charge in [-0.3, -0.25) is 9.59 Å². The Balaban J connectivity index is 1.70. The molecule has 2 aliphatic rings. The molecule has 1 heterocycles. The highest BCUT2D eigenvalue weighted by molar-refractivity contribution is 7.89. The summed E-state index contributed by atoms with van der Waals surface area (Å²) in [5.41, 5.74) is -0.691. The summed E-state index contributed by atoms with van der Waals surface area (Å²) >= 11 is 0. The second-order valence-electron chi connectivity index (χ2n) is 7.56. The van der Waals surface area contributed by atoms with Gasteiger partial charge in [-0.05, 0) is 37.8 Å². The molecular weight excluding hydrogens is 368 g/mol. The Bertz CT molecular complexity index is 788. The van der Waals surface area contributed by atoms with Crippen LogP contribution in [0, 0.1) is 5.92 Å². The van der Waals surface area contributed by atoms with E-state index in [1.807, 2.05) is 0 Å². The second-order valence-corrected chi connectivity index (χ2v) is 9.50. The molecule has 8 heteroatoms. The van der Waals surface area contributed by atoms with Crippen LogP contribution in [0.2, 0.25) is 0 Å². The fraction of sp³-hybridized carbons (Fsp3) is 0.579.